The van der Waals surface area contributed by atoms with Crippen LogP contribution in [0.3, 0.4) is 0 Å². The van der Waals surface area contributed by atoms with Crippen LogP contribution in [0, 0.1) is 0 Å². The number of carbonyl (C=O) groups is 1. The minimum Gasteiger partial charge on any atom is -0.362 e. The van der Waals surface area contributed by atoms with E-state index in [2.05, 4.69) is 19.7 Å². The first kappa shape index (κ1) is 20.9. The third kappa shape index (κ3) is 4.41. The Bertz CT molecular complexity index is 1290. The molecule has 2 heterocycles. The Labute approximate surface area is 177 Å². The molecule has 31 heavy (non-hydrogen) atoms. The van der Waals surface area contributed by atoms with Crippen LogP contribution in [0.2, 0.25) is 0 Å². The largest absolute Gasteiger partial charge is 0.362 e. The van der Waals surface area contributed by atoms with Gasteiger partial charge in [-0.25, -0.2) is 13.8 Å². The van der Waals surface area contributed by atoms with Gasteiger partial charge in [0.05, 0.1) is 15.9 Å². The molecule has 0 radical (unpaired) electrons. The molecule has 0 unspecified atom stereocenters. The van der Waals surface area contributed by atoms with Crippen molar-refractivity contribution in [2.75, 3.05) is 18.9 Å². The van der Waals surface area contributed by atoms with Crippen LogP contribution >= 0.6 is 0 Å². The number of likely N-dealkylation sites (tertiary alicyclic amines) is 1. The van der Waals surface area contributed by atoms with Gasteiger partial charge in [0.15, 0.2) is 5.82 Å². The molecule has 0 spiro atoms. The van der Waals surface area contributed by atoms with E-state index in [4.69, 9.17) is 0 Å². The number of hydrogen-bond acceptors (Lipinski definition) is 4. The Kier molecular flexibility index (Phi) is 5.44. The summed E-state index contributed by atoms with van der Waals surface area (Å²) in [6.45, 7) is 0.754. The minimum absolute atomic E-state index is 0.0382. The van der Waals surface area contributed by atoms with E-state index in [-0.39, 0.29) is 16.1 Å². The average molecular weight is 447 g/mol. The summed E-state index contributed by atoms with van der Waals surface area (Å²) in [7, 11) is -2.13. The molecule has 1 saturated heterocycles. The van der Waals surface area contributed by atoms with E-state index in [1.807, 2.05) is 0 Å². The van der Waals surface area contributed by atoms with Crippen LogP contribution in [-0.2, 0) is 10.0 Å². The summed E-state index contributed by atoms with van der Waals surface area (Å²) in [6.07, 6.45) is -1.31. The topological polar surface area (TPSA) is 108 Å². The lowest BCUT2D eigenvalue weighted by atomic mass is 10.2. The van der Waals surface area contributed by atoms with Crippen molar-refractivity contribution in [2.24, 2.45) is 4.40 Å². The molecule has 4 rings (SSSR count). The molecule has 1 aliphatic rings. The number of carbonyl (C=O) groups excluding carboxylic acids is 1. The van der Waals surface area contributed by atoms with Crippen LogP contribution in [0.4, 0.5) is 14.5 Å². The van der Waals surface area contributed by atoms with E-state index in [1.165, 1.54) is 36.4 Å². The molecule has 0 saturated carbocycles. The first-order valence-corrected chi connectivity index (χ1v) is 10.9. The van der Waals surface area contributed by atoms with Gasteiger partial charge in [0.2, 0.25) is 0 Å². The van der Waals surface area contributed by atoms with Gasteiger partial charge in [0.1, 0.15) is 5.84 Å². The fraction of sp³-hybridized carbons (Fsp3) is 0.250. The van der Waals surface area contributed by atoms with Crippen molar-refractivity contribution in [3.63, 3.8) is 0 Å². The maximum absolute atomic E-state index is 12.8. The van der Waals surface area contributed by atoms with E-state index in [0.717, 1.165) is 13.0 Å². The molecule has 2 N–H and O–H groups in total. The summed E-state index contributed by atoms with van der Waals surface area (Å²) < 4.78 is 54.8. The predicted molar refractivity (Wildman–Crippen MR) is 112 cm³/mol. The Balaban J connectivity index is 1.56. The number of anilines is 1. The van der Waals surface area contributed by atoms with Crippen molar-refractivity contribution in [3.05, 3.63) is 53.9 Å². The second-order valence-corrected chi connectivity index (χ2v) is 8.75. The van der Waals surface area contributed by atoms with Crippen molar-refractivity contribution in [1.29, 1.82) is 0 Å². The van der Waals surface area contributed by atoms with Crippen LogP contribution in [0.1, 0.15) is 35.4 Å². The third-order valence-corrected chi connectivity index (χ3v) is 6.22. The summed E-state index contributed by atoms with van der Waals surface area (Å²) in [5.41, 5.74) is 1.09. The van der Waals surface area contributed by atoms with Crippen molar-refractivity contribution in [1.82, 2.24) is 14.9 Å². The summed E-state index contributed by atoms with van der Waals surface area (Å²) in [6, 6.07) is 10.1. The van der Waals surface area contributed by atoms with Gasteiger partial charge in [0, 0.05) is 31.3 Å². The van der Waals surface area contributed by atoms with Crippen molar-refractivity contribution >= 4 is 38.5 Å². The number of sulfonamides is 1. The molecule has 11 heteroatoms. The first-order valence-electron chi connectivity index (χ1n) is 9.47. The number of nitrogens with one attached hydrogen (secondary N) is 2. The molecule has 1 aromatic heterocycles. The first-order chi connectivity index (χ1) is 14.7. The highest BCUT2D eigenvalue weighted by molar-refractivity contribution is 7.90. The summed E-state index contributed by atoms with van der Waals surface area (Å²) >= 11 is 0. The normalized spacial score (nSPS) is 15.9. The molecule has 0 atom stereocenters. The van der Waals surface area contributed by atoms with E-state index in [0.29, 0.717) is 23.3 Å². The number of nitrogens with zero attached hydrogens (tertiary/aromatic N) is 3. The molecular formula is C20H19F2N5O3S. The Hall–Kier alpha value is -3.34. The van der Waals surface area contributed by atoms with Gasteiger partial charge in [-0.15, -0.1) is 4.40 Å². The number of amidine groups is 1. The van der Waals surface area contributed by atoms with Gasteiger partial charge in [-0.2, -0.15) is 8.42 Å². The summed E-state index contributed by atoms with van der Waals surface area (Å²) in [5, 5.41) is 2.62. The zero-order chi connectivity index (χ0) is 22.2. The number of halogens is 2. The maximum Gasteiger partial charge on any atom is 0.295 e. The number of aromatic nitrogens is 2. The van der Waals surface area contributed by atoms with E-state index >= 15 is 0 Å². The van der Waals surface area contributed by atoms with Crippen molar-refractivity contribution in [2.45, 2.75) is 24.2 Å². The summed E-state index contributed by atoms with van der Waals surface area (Å²) in [4.78, 5) is 20.6. The molecule has 0 aliphatic carbocycles. The number of hydrogen-bond donors (Lipinski definition) is 2. The van der Waals surface area contributed by atoms with Gasteiger partial charge >= 0.3 is 0 Å². The SMILES string of the molecule is CN1CCC/C1=N\S(=O)(=O)c1cccc(NC(=O)c2ccc3nc(C(F)F)[nH]c3c2)c1. The fourth-order valence-corrected chi connectivity index (χ4v) is 4.45. The van der Waals surface area contributed by atoms with Crippen molar-refractivity contribution < 1.29 is 22.0 Å². The molecule has 2 aromatic carbocycles. The number of H-pyrrole nitrogens is 1. The molecule has 1 aliphatic heterocycles. The van der Waals surface area contributed by atoms with Crippen LogP contribution in [0.25, 0.3) is 11.0 Å². The number of benzene rings is 2. The van der Waals surface area contributed by atoms with E-state index < -0.39 is 28.2 Å². The minimum atomic E-state index is -3.92. The zero-order valence-electron chi connectivity index (χ0n) is 16.5. The molecule has 162 valence electrons. The molecule has 0 bridgehead atoms. The number of imidazole rings is 1. The third-order valence-electron chi connectivity index (χ3n) is 4.92. The lowest BCUT2D eigenvalue weighted by Crippen LogP contribution is -2.20. The van der Waals surface area contributed by atoms with Gasteiger partial charge in [-0.05, 0) is 42.8 Å². The molecule has 1 amide bonds. The van der Waals surface area contributed by atoms with E-state index in [1.54, 1.807) is 18.0 Å². The fourth-order valence-electron chi connectivity index (χ4n) is 3.31. The standard InChI is InChI=1S/C20H19F2N5O3S/c1-27-9-3-6-17(27)26-31(29,30)14-5-2-4-13(11-14)23-20(28)12-7-8-15-16(10-12)25-19(24-15)18(21)22/h2,4-5,7-8,10-11,18H,3,6,9H2,1H3,(H,23,28)(H,24,25)/b26-17+. The van der Waals surface area contributed by atoms with Crippen LogP contribution < -0.4 is 5.32 Å². The van der Waals surface area contributed by atoms with Crippen molar-refractivity contribution in [3.8, 4) is 0 Å². The van der Waals surface area contributed by atoms with Gasteiger partial charge in [-0.1, -0.05) is 6.07 Å². The highest BCUT2D eigenvalue weighted by atomic mass is 32.2. The monoisotopic (exact) mass is 447 g/mol. The lowest BCUT2D eigenvalue weighted by molar-refractivity contribution is 0.102. The van der Waals surface area contributed by atoms with Crippen LogP contribution in [-0.4, -0.2) is 48.6 Å². The zero-order valence-corrected chi connectivity index (χ0v) is 17.3. The summed E-state index contributed by atoms with van der Waals surface area (Å²) in [5.74, 6) is -0.489. The molecule has 8 nitrogen and oxygen atoms in total. The number of amides is 1. The number of alkyl halides is 2. The molecular weight excluding hydrogens is 428 g/mol. The molecule has 3 aromatic rings. The smallest absolute Gasteiger partial charge is 0.295 e. The Morgan fingerprint density at radius 1 is 1.26 bits per heavy atom. The van der Waals surface area contributed by atoms with Gasteiger partial charge in [-0.3, -0.25) is 4.79 Å². The van der Waals surface area contributed by atoms with Crippen LogP contribution in [0.15, 0.2) is 51.8 Å². The van der Waals surface area contributed by atoms with Crippen LogP contribution in [0.5, 0.6) is 0 Å². The number of rotatable bonds is 5. The molecule has 1 fully saturated rings. The quantitative estimate of drug-likeness (QED) is 0.622. The predicted octanol–water partition coefficient (Wildman–Crippen LogP) is 3.57. The second kappa shape index (κ2) is 8.06. The van der Waals surface area contributed by atoms with Gasteiger partial charge in [0.25, 0.3) is 22.4 Å². The van der Waals surface area contributed by atoms with Gasteiger partial charge < -0.3 is 15.2 Å². The van der Waals surface area contributed by atoms with E-state index in [9.17, 15) is 22.0 Å². The highest BCUT2D eigenvalue weighted by Gasteiger charge is 2.21. The Morgan fingerprint density at radius 2 is 2.06 bits per heavy atom. The highest BCUT2D eigenvalue weighted by Crippen LogP contribution is 2.23. The number of fused-ring (bicyclic) bond motifs is 1. The average Bonchev–Trinajstić information content (AvgIpc) is 3.33. The lowest BCUT2D eigenvalue weighted by Gasteiger charge is -2.11. The number of aromatic amines is 1. The maximum atomic E-state index is 12.8. The second-order valence-electron chi connectivity index (χ2n) is 7.14. The Morgan fingerprint density at radius 3 is 2.77 bits per heavy atom.